The van der Waals surface area contributed by atoms with Gasteiger partial charge in [-0.15, -0.1) is 12.6 Å². The Morgan fingerprint density at radius 3 is 2.33 bits per heavy atom. The van der Waals surface area contributed by atoms with E-state index in [1.807, 2.05) is 39.0 Å². The molecule has 3 heteroatoms. The molecule has 18 heavy (non-hydrogen) atoms. The number of allylic oxidation sites excluding steroid dienone is 3. The number of halogens is 2. The first-order valence-corrected chi connectivity index (χ1v) is 7.26. The van der Waals surface area contributed by atoms with E-state index < -0.39 is 0 Å². The molecule has 98 valence electrons. The summed E-state index contributed by atoms with van der Waals surface area (Å²) >= 11 is 13.9. The minimum Gasteiger partial charge on any atom is -0.142 e. The second-order valence-corrected chi connectivity index (χ2v) is 5.17. The van der Waals surface area contributed by atoms with Crippen LogP contribution < -0.4 is 0 Å². The van der Waals surface area contributed by atoms with E-state index >= 15 is 0 Å². The predicted molar refractivity (Wildman–Crippen MR) is 91.7 cm³/mol. The molecule has 1 aromatic carbocycles. The minimum atomic E-state index is 0.690. The Morgan fingerprint density at radius 2 is 1.94 bits per heavy atom. The van der Waals surface area contributed by atoms with Crippen molar-refractivity contribution in [3.63, 3.8) is 0 Å². The fraction of sp³-hybridized carbons (Fsp3) is 0.200. The van der Waals surface area contributed by atoms with Crippen molar-refractivity contribution in [1.29, 1.82) is 0 Å². The van der Waals surface area contributed by atoms with Crippen molar-refractivity contribution < 1.29 is 0 Å². The lowest BCUT2D eigenvalue weighted by Gasteiger charge is -2.09. The van der Waals surface area contributed by atoms with E-state index in [0.29, 0.717) is 9.51 Å². The van der Waals surface area contributed by atoms with E-state index in [-0.39, 0.29) is 0 Å². The zero-order valence-corrected chi connectivity index (χ0v) is 14.2. The van der Waals surface area contributed by atoms with Crippen molar-refractivity contribution in [2.45, 2.75) is 20.8 Å². The summed E-state index contributed by atoms with van der Waals surface area (Å²) in [5.41, 5.74) is 2.90. The maximum Gasteiger partial charge on any atom is 0.0487 e. The van der Waals surface area contributed by atoms with E-state index in [2.05, 4.69) is 41.7 Å². The highest BCUT2D eigenvalue weighted by Crippen LogP contribution is 2.33. The standard InChI is InChI=1S/C13H12BrClS.C2H6/c1-4-10(13(16)9(3)14)11-6-5-8(2)7-12(11)15;1-2/h4-7,16H,1,3H2,2H3;1-2H3/b13-10-;. The normalized spacial score (nSPS) is 11.0. The highest BCUT2D eigenvalue weighted by molar-refractivity contribution is 9.12. The molecule has 0 radical (unpaired) electrons. The number of aryl methyl sites for hydroxylation is 1. The van der Waals surface area contributed by atoms with Crippen LogP contribution in [0, 0.1) is 6.92 Å². The second kappa shape index (κ2) is 8.63. The van der Waals surface area contributed by atoms with Gasteiger partial charge in [-0.25, -0.2) is 0 Å². The first-order valence-electron chi connectivity index (χ1n) is 5.64. The Labute approximate surface area is 129 Å². The quantitative estimate of drug-likeness (QED) is 0.475. The molecule has 0 fully saturated rings. The lowest BCUT2D eigenvalue weighted by Crippen LogP contribution is -1.87. The fourth-order valence-electron chi connectivity index (χ4n) is 1.32. The number of hydrogen-bond acceptors (Lipinski definition) is 1. The second-order valence-electron chi connectivity index (χ2n) is 3.35. The summed E-state index contributed by atoms with van der Waals surface area (Å²) in [6.45, 7) is 13.6. The van der Waals surface area contributed by atoms with Crippen molar-refractivity contribution >= 4 is 45.7 Å². The van der Waals surface area contributed by atoms with Gasteiger partial charge in [-0.2, -0.15) is 0 Å². The molecule has 0 heterocycles. The molecule has 0 unspecified atom stereocenters. The van der Waals surface area contributed by atoms with Gasteiger partial charge in [-0.05, 0) is 24.1 Å². The summed E-state index contributed by atoms with van der Waals surface area (Å²) in [5.74, 6) is 0. The zero-order valence-electron chi connectivity index (χ0n) is 10.9. The van der Waals surface area contributed by atoms with E-state index in [9.17, 15) is 0 Å². The molecule has 0 saturated carbocycles. The number of thiol groups is 1. The highest BCUT2D eigenvalue weighted by Gasteiger charge is 2.08. The molecule has 0 amide bonds. The van der Waals surface area contributed by atoms with Crippen molar-refractivity contribution in [3.8, 4) is 0 Å². The van der Waals surface area contributed by atoms with Gasteiger partial charge in [0.2, 0.25) is 0 Å². The van der Waals surface area contributed by atoms with Gasteiger partial charge >= 0.3 is 0 Å². The molecule has 0 nitrogen and oxygen atoms in total. The third kappa shape index (κ3) is 4.68. The van der Waals surface area contributed by atoms with Crippen LogP contribution in [0.25, 0.3) is 5.57 Å². The fourth-order valence-corrected chi connectivity index (χ4v) is 2.08. The summed E-state index contributed by atoms with van der Waals surface area (Å²) in [7, 11) is 0. The first-order chi connectivity index (χ1) is 8.47. The SMILES string of the molecule is C=C/C(=C(/S)C(=C)Br)c1ccc(C)cc1Cl.CC. The van der Waals surface area contributed by atoms with Crippen molar-refractivity contribution in [1.82, 2.24) is 0 Å². The Morgan fingerprint density at radius 1 is 1.39 bits per heavy atom. The van der Waals surface area contributed by atoms with Crippen molar-refractivity contribution in [3.05, 3.63) is 63.0 Å². The van der Waals surface area contributed by atoms with Gasteiger partial charge < -0.3 is 0 Å². The molecule has 0 spiro atoms. The number of hydrogen-bond donors (Lipinski definition) is 1. The van der Waals surface area contributed by atoms with Crippen LogP contribution in [0.1, 0.15) is 25.0 Å². The monoisotopic (exact) mass is 344 g/mol. The molecule has 0 saturated heterocycles. The van der Waals surface area contributed by atoms with Crippen LogP contribution in [0.4, 0.5) is 0 Å². The Hall–Kier alpha value is -0.440. The Balaban J connectivity index is 0.00000137. The zero-order chi connectivity index (χ0) is 14.3. The number of benzene rings is 1. The van der Waals surface area contributed by atoms with Gasteiger partial charge in [0.15, 0.2) is 0 Å². The van der Waals surface area contributed by atoms with E-state index in [1.54, 1.807) is 6.08 Å². The van der Waals surface area contributed by atoms with E-state index in [1.165, 1.54) is 0 Å². The summed E-state index contributed by atoms with van der Waals surface area (Å²) < 4.78 is 0.711. The maximum atomic E-state index is 6.19. The van der Waals surface area contributed by atoms with Crippen LogP contribution in [-0.2, 0) is 0 Å². The van der Waals surface area contributed by atoms with Crippen LogP contribution >= 0.6 is 40.2 Å². The van der Waals surface area contributed by atoms with Gasteiger partial charge in [0.25, 0.3) is 0 Å². The molecular weight excluding hydrogens is 328 g/mol. The molecule has 0 aliphatic heterocycles. The summed E-state index contributed by atoms with van der Waals surface area (Å²) in [4.78, 5) is 0.737. The van der Waals surface area contributed by atoms with Gasteiger partial charge in [0, 0.05) is 20.0 Å². The minimum absolute atomic E-state index is 0.690. The van der Waals surface area contributed by atoms with Crippen molar-refractivity contribution in [2.24, 2.45) is 0 Å². The smallest absolute Gasteiger partial charge is 0.0487 e. The van der Waals surface area contributed by atoms with Gasteiger partial charge in [-0.1, -0.05) is 72.7 Å². The van der Waals surface area contributed by atoms with Crippen LogP contribution in [0.3, 0.4) is 0 Å². The van der Waals surface area contributed by atoms with Gasteiger partial charge in [0.05, 0.1) is 0 Å². The maximum absolute atomic E-state index is 6.19. The van der Waals surface area contributed by atoms with Crippen LogP contribution in [0.5, 0.6) is 0 Å². The molecule has 0 N–H and O–H groups in total. The van der Waals surface area contributed by atoms with Crippen molar-refractivity contribution in [2.75, 3.05) is 0 Å². The van der Waals surface area contributed by atoms with Crippen LogP contribution in [0.15, 0.2) is 46.8 Å². The van der Waals surface area contributed by atoms with E-state index in [0.717, 1.165) is 21.6 Å². The molecule has 0 aliphatic carbocycles. The molecule has 0 atom stereocenters. The molecule has 1 rings (SSSR count). The Kier molecular flexibility index (Phi) is 8.41. The third-order valence-corrected chi connectivity index (χ3v) is 3.66. The highest BCUT2D eigenvalue weighted by atomic mass is 79.9. The van der Waals surface area contributed by atoms with E-state index in [4.69, 9.17) is 11.6 Å². The molecule has 0 aromatic heterocycles. The number of rotatable bonds is 3. The first kappa shape index (κ1) is 17.6. The molecule has 1 aromatic rings. The summed E-state index contributed by atoms with van der Waals surface area (Å²) in [6, 6.07) is 5.88. The summed E-state index contributed by atoms with van der Waals surface area (Å²) in [5, 5.41) is 0.690. The lowest BCUT2D eigenvalue weighted by atomic mass is 10.0. The third-order valence-electron chi connectivity index (χ3n) is 2.13. The largest absolute Gasteiger partial charge is 0.142 e. The topological polar surface area (TPSA) is 0 Å². The molecule has 0 bridgehead atoms. The van der Waals surface area contributed by atoms with Gasteiger partial charge in [0.1, 0.15) is 0 Å². The molecule has 0 aliphatic rings. The van der Waals surface area contributed by atoms with Crippen LogP contribution in [0.2, 0.25) is 5.02 Å². The Bertz CT molecular complexity index is 475. The summed E-state index contributed by atoms with van der Waals surface area (Å²) in [6.07, 6.45) is 1.73. The van der Waals surface area contributed by atoms with Crippen LogP contribution in [-0.4, -0.2) is 0 Å². The average molecular weight is 346 g/mol. The predicted octanol–water partition coefficient (Wildman–Crippen LogP) is 6.41. The van der Waals surface area contributed by atoms with Gasteiger partial charge in [-0.3, -0.25) is 0 Å². The lowest BCUT2D eigenvalue weighted by molar-refractivity contribution is 1.45. The molecular formula is C15H18BrClS. The average Bonchev–Trinajstić information content (AvgIpc) is 2.34.